The lowest BCUT2D eigenvalue weighted by atomic mass is 9.89. The maximum absolute atomic E-state index is 6.64. The Bertz CT molecular complexity index is 3060. The van der Waals surface area contributed by atoms with Crippen LogP contribution in [0.2, 0.25) is 0 Å². The maximum atomic E-state index is 6.64. The van der Waals surface area contributed by atoms with Gasteiger partial charge in [-0.3, -0.25) is 0 Å². The minimum absolute atomic E-state index is 0.695. The minimum Gasteiger partial charge on any atom is -0.456 e. The van der Waals surface area contributed by atoms with Gasteiger partial charge in [0.05, 0.1) is 15.9 Å². The summed E-state index contributed by atoms with van der Waals surface area (Å²) < 4.78 is 8.94. The van der Waals surface area contributed by atoms with Crippen molar-refractivity contribution in [2.45, 2.75) is 0 Å². The molecule has 0 fully saturated rings. The van der Waals surface area contributed by atoms with E-state index in [1.165, 1.54) is 38.1 Å². The highest BCUT2D eigenvalue weighted by molar-refractivity contribution is 7.26. The Kier molecular flexibility index (Phi) is 7.04. The van der Waals surface area contributed by atoms with Crippen molar-refractivity contribution in [2.24, 2.45) is 0 Å². The van der Waals surface area contributed by atoms with Gasteiger partial charge in [0.15, 0.2) is 5.82 Å². The number of thiophene rings is 1. The standard InChI is InChI=1S/C50H30N2OS/c1-3-11-31(12-4-1)33-21-23-34(24-22-33)47-49-48(41-17-7-8-20-45(41)54-49)52-50(51-47)37-25-27-43-42(30-37)40-19-10-18-39-38(26-28-44(53-43)46(39)40)36-16-9-15-35(29-36)32-13-5-2-6-14-32/h1-30H. The van der Waals surface area contributed by atoms with Gasteiger partial charge in [-0.15, -0.1) is 11.3 Å². The van der Waals surface area contributed by atoms with E-state index in [-0.39, 0.29) is 0 Å². The molecule has 54 heavy (non-hydrogen) atoms. The van der Waals surface area contributed by atoms with Crippen molar-refractivity contribution in [2.75, 3.05) is 0 Å². The lowest BCUT2D eigenvalue weighted by Crippen LogP contribution is -1.99. The van der Waals surface area contributed by atoms with E-state index in [4.69, 9.17) is 14.7 Å². The lowest BCUT2D eigenvalue weighted by molar-refractivity contribution is 0.487. The summed E-state index contributed by atoms with van der Waals surface area (Å²) >= 11 is 1.75. The Morgan fingerprint density at radius 1 is 0.389 bits per heavy atom. The predicted octanol–water partition coefficient (Wildman–Crippen LogP) is 14.1. The third-order valence-electron chi connectivity index (χ3n) is 10.5. The van der Waals surface area contributed by atoms with Gasteiger partial charge in [-0.25, -0.2) is 9.97 Å². The summed E-state index contributed by atoms with van der Waals surface area (Å²) in [5.41, 5.74) is 13.2. The van der Waals surface area contributed by atoms with Gasteiger partial charge in [0.2, 0.25) is 0 Å². The second-order valence-corrected chi connectivity index (χ2v) is 14.8. The van der Waals surface area contributed by atoms with Gasteiger partial charge in [0.25, 0.3) is 0 Å². The Hall–Kier alpha value is -6.88. The van der Waals surface area contributed by atoms with Crippen LogP contribution in [0.3, 0.4) is 0 Å². The number of nitrogens with zero attached hydrogens (tertiary/aromatic N) is 2. The van der Waals surface area contributed by atoms with Crippen LogP contribution in [0.25, 0.3) is 98.2 Å². The van der Waals surface area contributed by atoms with Crippen LogP contribution in [0.4, 0.5) is 0 Å². The third-order valence-corrected chi connectivity index (χ3v) is 11.7. The van der Waals surface area contributed by atoms with Gasteiger partial charge in [0, 0.05) is 32.2 Å². The Morgan fingerprint density at radius 2 is 1.02 bits per heavy atom. The zero-order chi connectivity index (χ0) is 35.6. The van der Waals surface area contributed by atoms with Crippen LogP contribution in [-0.4, -0.2) is 9.97 Å². The van der Waals surface area contributed by atoms with Crippen molar-refractivity contribution in [3.63, 3.8) is 0 Å². The van der Waals surface area contributed by atoms with Crippen molar-refractivity contribution in [1.82, 2.24) is 9.97 Å². The van der Waals surface area contributed by atoms with E-state index in [2.05, 4.69) is 176 Å². The molecule has 3 nitrogen and oxygen atoms in total. The van der Waals surface area contributed by atoms with Crippen molar-refractivity contribution in [1.29, 1.82) is 0 Å². The molecule has 0 unspecified atom stereocenters. The molecule has 3 heterocycles. The van der Waals surface area contributed by atoms with Gasteiger partial charge in [0.1, 0.15) is 11.5 Å². The largest absolute Gasteiger partial charge is 0.456 e. The number of hydrogen-bond acceptors (Lipinski definition) is 4. The van der Waals surface area contributed by atoms with Crippen LogP contribution < -0.4 is 4.74 Å². The van der Waals surface area contributed by atoms with E-state index in [9.17, 15) is 0 Å². The van der Waals surface area contributed by atoms with Crippen LogP contribution in [0, 0.1) is 0 Å². The van der Waals surface area contributed by atoms with Gasteiger partial charge in [-0.05, 0) is 80.7 Å². The molecular formula is C50H30N2OS. The van der Waals surface area contributed by atoms with Crippen molar-refractivity contribution in [3.05, 3.63) is 182 Å². The molecule has 0 radical (unpaired) electrons. The molecule has 8 aromatic carbocycles. The molecule has 1 aliphatic rings. The lowest BCUT2D eigenvalue weighted by Gasteiger charge is -2.23. The molecular weight excluding hydrogens is 677 g/mol. The molecule has 252 valence electrons. The molecule has 0 N–H and O–H groups in total. The first kappa shape index (κ1) is 30.7. The summed E-state index contributed by atoms with van der Waals surface area (Å²) in [6.07, 6.45) is 0. The fourth-order valence-corrected chi connectivity index (χ4v) is 9.04. The summed E-state index contributed by atoms with van der Waals surface area (Å²) in [6, 6.07) is 64.3. The first-order chi connectivity index (χ1) is 26.7. The number of benzene rings is 8. The highest BCUT2D eigenvalue weighted by Gasteiger charge is 2.24. The fourth-order valence-electron chi connectivity index (χ4n) is 7.89. The molecule has 0 saturated carbocycles. The number of ether oxygens (including phenoxy) is 1. The fraction of sp³-hybridized carbons (Fsp3) is 0. The van der Waals surface area contributed by atoms with E-state index in [1.54, 1.807) is 11.3 Å². The molecule has 1 aliphatic heterocycles. The quantitative estimate of drug-likeness (QED) is 0.179. The number of hydrogen-bond donors (Lipinski definition) is 0. The van der Waals surface area contributed by atoms with Gasteiger partial charge in [-0.1, -0.05) is 146 Å². The zero-order valence-corrected chi connectivity index (χ0v) is 29.8. The monoisotopic (exact) mass is 706 g/mol. The number of rotatable bonds is 5. The van der Waals surface area contributed by atoms with E-state index < -0.39 is 0 Å². The molecule has 10 aromatic rings. The van der Waals surface area contributed by atoms with Crippen molar-refractivity contribution >= 4 is 42.4 Å². The summed E-state index contributed by atoms with van der Waals surface area (Å²) in [5, 5.41) is 3.42. The van der Waals surface area contributed by atoms with Crippen LogP contribution >= 0.6 is 11.3 Å². The van der Waals surface area contributed by atoms with E-state index in [0.717, 1.165) is 65.8 Å². The Morgan fingerprint density at radius 3 is 1.85 bits per heavy atom. The average Bonchev–Trinajstić information content (AvgIpc) is 3.63. The number of aromatic nitrogens is 2. The normalized spacial score (nSPS) is 11.9. The van der Waals surface area contributed by atoms with E-state index >= 15 is 0 Å². The van der Waals surface area contributed by atoms with Crippen molar-refractivity contribution < 1.29 is 4.74 Å². The van der Waals surface area contributed by atoms with Gasteiger partial charge >= 0.3 is 0 Å². The minimum atomic E-state index is 0.695. The smallest absolute Gasteiger partial charge is 0.160 e. The zero-order valence-electron chi connectivity index (χ0n) is 29.0. The summed E-state index contributed by atoms with van der Waals surface area (Å²) in [7, 11) is 0. The summed E-state index contributed by atoms with van der Waals surface area (Å²) in [4.78, 5) is 10.6. The molecule has 4 heteroatoms. The number of fused-ring (bicyclic) bond motifs is 5. The molecule has 11 rings (SSSR count). The Labute approximate surface area is 316 Å². The molecule has 0 saturated heterocycles. The highest BCUT2D eigenvalue weighted by Crippen LogP contribution is 2.50. The summed E-state index contributed by atoms with van der Waals surface area (Å²) in [5.74, 6) is 2.39. The molecule has 0 aliphatic carbocycles. The maximum Gasteiger partial charge on any atom is 0.160 e. The Balaban J connectivity index is 1.05. The molecule has 0 atom stereocenters. The second-order valence-electron chi connectivity index (χ2n) is 13.7. The first-order valence-electron chi connectivity index (χ1n) is 18.1. The van der Waals surface area contributed by atoms with Gasteiger partial charge in [-0.2, -0.15) is 0 Å². The third kappa shape index (κ3) is 5.03. The molecule has 0 amide bonds. The van der Waals surface area contributed by atoms with Crippen LogP contribution in [0.15, 0.2) is 182 Å². The molecule has 0 spiro atoms. The molecule has 2 aromatic heterocycles. The second kappa shape index (κ2) is 12.4. The predicted molar refractivity (Wildman–Crippen MR) is 225 cm³/mol. The van der Waals surface area contributed by atoms with Crippen LogP contribution in [-0.2, 0) is 0 Å². The van der Waals surface area contributed by atoms with E-state index in [0.29, 0.717) is 5.82 Å². The highest BCUT2D eigenvalue weighted by atomic mass is 32.1. The molecule has 0 bridgehead atoms. The van der Waals surface area contributed by atoms with Gasteiger partial charge < -0.3 is 4.74 Å². The van der Waals surface area contributed by atoms with Crippen LogP contribution in [0.1, 0.15) is 0 Å². The first-order valence-corrected chi connectivity index (χ1v) is 19.0. The average molecular weight is 707 g/mol. The van der Waals surface area contributed by atoms with Crippen molar-refractivity contribution in [3.8, 4) is 78.7 Å². The van der Waals surface area contributed by atoms with E-state index in [1.807, 2.05) is 6.07 Å². The SMILES string of the molecule is c1ccc(-c2ccc(-c3nc(-c4ccc5c(c4)-c4cccc6c(-c7cccc(-c8ccccc8)c7)ccc(c46)O5)nc4c3sc3ccccc34)cc2)cc1. The van der Waals surface area contributed by atoms with Crippen LogP contribution in [0.5, 0.6) is 11.5 Å². The summed E-state index contributed by atoms with van der Waals surface area (Å²) in [6.45, 7) is 0. The topological polar surface area (TPSA) is 35.0 Å².